The molecule has 0 radical (unpaired) electrons. The molecule has 9 heteroatoms. The Hall–Kier alpha value is -1.38. The lowest BCUT2D eigenvalue weighted by molar-refractivity contribution is -0.159. The summed E-state index contributed by atoms with van der Waals surface area (Å²) in [4.78, 5) is 34.2. The molecular formula is C11H22ClN3O5. The summed E-state index contributed by atoms with van der Waals surface area (Å²) in [6.07, 6.45) is -0.404. The van der Waals surface area contributed by atoms with Crippen LogP contribution in [-0.4, -0.2) is 47.2 Å². The lowest BCUT2D eigenvalue weighted by Crippen LogP contribution is -2.52. The van der Waals surface area contributed by atoms with Gasteiger partial charge in [-0.2, -0.15) is 0 Å². The number of halogens is 1. The molecule has 8 nitrogen and oxygen atoms in total. The number of esters is 1. The van der Waals surface area contributed by atoms with Crippen molar-refractivity contribution >= 4 is 30.2 Å². The van der Waals surface area contributed by atoms with Crippen LogP contribution >= 0.6 is 12.4 Å². The van der Waals surface area contributed by atoms with Crippen molar-refractivity contribution in [2.45, 2.75) is 44.9 Å². The Balaban J connectivity index is 0. The molecule has 0 saturated heterocycles. The molecule has 0 rings (SSSR count). The number of hydrogen-bond acceptors (Lipinski definition) is 6. The highest BCUT2D eigenvalue weighted by Gasteiger charge is 2.29. The molecule has 0 aliphatic heterocycles. The smallest absolute Gasteiger partial charge is 0.329 e. The molecule has 6 N–H and O–H groups in total. The van der Waals surface area contributed by atoms with Gasteiger partial charge in [0, 0.05) is 0 Å². The first-order chi connectivity index (χ1) is 8.56. The van der Waals surface area contributed by atoms with Crippen LogP contribution in [0.25, 0.3) is 0 Å². The van der Waals surface area contributed by atoms with Gasteiger partial charge < -0.3 is 26.6 Å². The number of primary amides is 1. The third kappa shape index (κ3) is 8.68. The van der Waals surface area contributed by atoms with Crippen molar-refractivity contribution in [2.75, 3.05) is 6.61 Å². The van der Waals surface area contributed by atoms with E-state index in [0.29, 0.717) is 0 Å². The number of ether oxygens (including phenoxy) is 1. The van der Waals surface area contributed by atoms with Gasteiger partial charge in [0.1, 0.15) is 17.7 Å². The van der Waals surface area contributed by atoms with Gasteiger partial charge >= 0.3 is 5.97 Å². The van der Waals surface area contributed by atoms with Gasteiger partial charge in [-0.15, -0.1) is 12.4 Å². The molecule has 118 valence electrons. The zero-order chi connectivity index (χ0) is 15.2. The van der Waals surface area contributed by atoms with Crippen LogP contribution in [0.2, 0.25) is 0 Å². The summed E-state index contributed by atoms with van der Waals surface area (Å²) in [5.41, 5.74) is 9.53. The number of hydrogen-bond donors (Lipinski definition) is 4. The molecule has 0 bridgehead atoms. The second kappa shape index (κ2) is 8.72. The minimum Gasteiger partial charge on any atom is -0.458 e. The topological polar surface area (TPSA) is 145 Å². The normalized spacial score (nSPS) is 13.7. The number of aliphatic hydroxyl groups excluding tert-OH is 1. The van der Waals surface area contributed by atoms with Gasteiger partial charge in [0.15, 0.2) is 0 Å². The number of nitrogens with two attached hydrogens (primary N) is 2. The van der Waals surface area contributed by atoms with Gasteiger partial charge in [0.25, 0.3) is 0 Å². The van der Waals surface area contributed by atoms with E-state index >= 15 is 0 Å². The van der Waals surface area contributed by atoms with E-state index in [1.54, 1.807) is 20.8 Å². The van der Waals surface area contributed by atoms with E-state index in [1.165, 1.54) is 0 Å². The monoisotopic (exact) mass is 311 g/mol. The van der Waals surface area contributed by atoms with Crippen LogP contribution in [0.1, 0.15) is 27.2 Å². The summed E-state index contributed by atoms with van der Waals surface area (Å²) in [5, 5.41) is 11.0. The first-order valence-corrected chi connectivity index (χ1v) is 5.74. The lowest BCUT2D eigenvalue weighted by Gasteiger charge is -2.24. The van der Waals surface area contributed by atoms with Crippen molar-refractivity contribution in [3.8, 4) is 0 Å². The molecule has 0 aromatic heterocycles. The van der Waals surface area contributed by atoms with Crippen molar-refractivity contribution in [2.24, 2.45) is 11.5 Å². The van der Waals surface area contributed by atoms with Crippen LogP contribution in [-0.2, 0) is 19.1 Å². The second-order valence-electron chi connectivity index (χ2n) is 5.05. The molecule has 0 heterocycles. The summed E-state index contributed by atoms with van der Waals surface area (Å²) in [6, 6.07) is -2.40. The molecule has 0 fully saturated rings. The molecule has 0 spiro atoms. The quantitative estimate of drug-likeness (QED) is 0.436. The fourth-order valence-electron chi connectivity index (χ4n) is 1.13. The van der Waals surface area contributed by atoms with Crippen molar-refractivity contribution in [1.29, 1.82) is 0 Å². The van der Waals surface area contributed by atoms with Crippen LogP contribution in [0, 0.1) is 0 Å². The standard InChI is InChI=1S/C11H21N3O5.ClH/c1-11(2,3)19-10(18)7(4-8(13)16)14-9(17)6(12)5-15;/h6-7,15H,4-5,12H2,1-3H3,(H2,13,16)(H,14,17);1H/t6-,7-;/m0./s1. The van der Waals surface area contributed by atoms with Crippen molar-refractivity contribution in [3.05, 3.63) is 0 Å². The zero-order valence-electron chi connectivity index (χ0n) is 11.7. The second-order valence-corrected chi connectivity index (χ2v) is 5.05. The van der Waals surface area contributed by atoms with Crippen LogP contribution in [0.4, 0.5) is 0 Å². The van der Waals surface area contributed by atoms with E-state index in [-0.39, 0.29) is 12.4 Å². The molecule has 0 unspecified atom stereocenters. The van der Waals surface area contributed by atoms with Crippen molar-refractivity contribution in [1.82, 2.24) is 5.32 Å². The summed E-state index contributed by atoms with van der Waals surface area (Å²) < 4.78 is 5.05. The number of carbonyl (C=O) groups is 3. The van der Waals surface area contributed by atoms with E-state index in [2.05, 4.69) is 5.32 Å². The van der Waals surface area contributed by atoms with E-state index in [0.717, 1.165) is 0 Å². The van der Waals surface area contributed by atoms with Crippen LogP contribution in [0.3, 0.4) is 0 Å². The van der Waals surface area contributed by atoms with Gasteiger partial charge in [-0.25, -0.2) is 4.79 Å². The Labute approximate surface area is 123 Å². The predicted octanol–water partition coefficient (Wildman–Crippen LogP) is -1.57. The fraction of sp³-hybridized carbons (Fsp3) is 0.727. The first-order valence-electron chi connectivity index (χ1n) is 5.74. The lowest BCUT2D eigenvalue weighted by atomic mass is 10.1. The van der Waals surface area contributed by atoms with Gasteiger partial charge in [-0.05, 0) is 20.8 Å². The minimum absolute atomic E-state index is 0. The predicted molar refractivity (Wildman–Crippen MR) is 73.9 cm³/mol. The van der Waals surface area contributed by atoms with Gasteiger partial charge in [-0.1, -0.05) is 0 Å². The van der Waals surface area contributed by atoms with Crippen LogP contribution in [0.5, 0.6) is 0 Å². The maximum atomic E-state index is 11.8. The van der Waals surface area contributed by atoms with E-state index in [9.17, 15) is 14.4 Å². The van der Waals surface area contributed by atoms with Gasteiger partial charge in [0.2, 0.25) is 11.8 Å². The molecule has 2 atom stereocenters. The number of nitrogens with one attached hydrogen (secondary N) is 1. The molecule has 2 amide bonds. The average Bonchev–Trinajstić information content (AvgIpc) is 2.23. The Morgan fingerprint density at radius 1 is 1.30 bits per heavy atom. The van der Waals surface area contributed by atoms with Crippen LogP contribution in [0.15, 0.2) is 0 Å². The van der Waals surface area contributed by atoms with Gasteiger partial charge in [0.05, 0.1) is 13.0 Å². The Morgan fingerprint density at radius 3 is 2.15 bits per heavy atom. The molecule has 0 aromatic carbocycles. The highest BCUT2D eigenvalue weighted by molar-refractivity contribution is 5.90. The van der Waals surface area contributed by atoms with Crippen molar-refractivity contribution < 1.29 is 24.2 Å². The number of rotatable bonds is 6. The maximum Gasteiger partial charge on any atom is 0.329 e. The van der Waals surface area contributed by atoms with E-state index < -0.39 is 48.5 Å². The zero-order valence-corrected chi connectivity index (χ0v) is 12.5. The van der Waals surface area contributed by atoms with E-state index in [4.69, 9.17) is 21.3 Å². The van der Waals surface area contributed by atoms with E-state index in [1.807, 2.05) is 0 Å². The summed E-state index contributed by atoms with van der Waals surface area (Å²) in [7, 11) is 0. The highest BCUT2D eigenvalue weighted by atomic mass is 35.5. The molecule has 0 aromatic rings. The summed E-state index contributed by atoms with van der Waals surface area (Å²) in [6.45, 7) is 4.36. The molecule has 20 heavy (non-hydrogen) atoms. The first kappa shape index (κ1) is 20.9. The van der Waals surface area contributed by atoms with Crippen LogP contribution < -0.4 is 16.8 Å². The summed E-state index contributed by atoms with van der Waals surface area (Å²) in [5.74, 6) is -2.32. The Morgan fingerprint density at radius 2 is 1.80 bits per heavy atom. The number of aliphatic hydroxyl groups is 1. The minimum atomic E-state index is -1.22. The largest absolute Gasteiger partial charge is 0.458 e. The summed E-state index contributed by atoms with van der Waals surface area (Å²) >= 11 is 0. The number of carbonyl (C=O) groups excluding carboxylic acids is 3. The highest BCUT2D eigenvalue weighted by Crippen LogP contribution is 2.09. The average molecular weight is 312 g/mol. The molecular weight excluding hydrogens is 290 g/mol. The fourth-order valence-corrected chi connectivity index (χ4v) is 1.13. The number of amides is 2. The molecule has 0 aliphatic rings. The SMILES string of the molecule is CC(C)(C)OC(=O)[C@H](CC(N)=O)NC(=O)[C@@H](N)CO.Cl. The molecule has 0 saturated carbocycles. The third-order valence-electron chi connectivity index (χ3n) is 1.95. The molecule has 0 aliphatic carbocycles. The maximum absolute atomic E-state index is 11.8. The van der Waals surface area contributed by atoms with Crippen molar-refractivity contribution in [3.63, 3.8) is 0 Å². The Kier molecular flexibility index (Phi) is 9.13. The Bertz CT molecular complexity index is 356. The third-order valence-corrected chi connectivity index (χ3v) is 1.95. The van der Waals surface area contributed by atoms with Gasteiger partial charge in [-0.3, -0.25) is 9.59 Å².